The number of carbonyl (C=O) groups excluding carboxylic acids is 2. The highest BCUT2D eigenvalue weighted by Gasteiger charge is 2.27. The van der Waals surface area contributed by atoms with E-state index in [1.54, 1.807) is 4.90 Å². The number of unbranched alkanes of at least 4 members (excludes halogenated alkanes) is 2. The minimum absolute atomic E-state index is 0.0972. The number of carbonyl (C=O) groups is 2. The molecular weight excluding hydrogens is 330 g/mol. The lowest BCUT2D eigenvalue weighted by atomic mass is 10.2. The molecule has 3 rings (SSSR count). The summed E-state index contributed by atoms with van der Waals surface area (Å²) >= 11 is 0. The zero-order valence-electron chi connectivity index (χ0n) is 15.5. The van der Waals surface area contributed by atoms with Gasteiger partial charge in [0.1, 0.15) is 0 Å². The van der Waals surface area contributed by atoms with E-state index in [9.17, 15) is 9.59 Å². The van der Waals surface area contributed by atoms with E-state index in [4.69, 9.17) is 0 Å². The van der Waals surface area contributed by atoms with Crippen LogP contribution in [0.2, 0.25) is 0 Å². The highest BCUT2D eigenvalue weighted by atomic mass is 16.2. The van der Waals surface area contributed by atoms with Crippen LogP contribution in [-0.4, -0.2) is 40.6 Å². The van der Waals surface area contributed by atoms with Crippen LogP contribution in [0.4, 0.5) is 10.7 Å². The van der Waals surface area contributed by atoms with Crippen molar-refractivity contribution >= 4 is 28.9 Å². The Bertz CT molecular complexity index is 783. The van der Waals surface area contributed by atoms with Crippen molar-refractivity contribution in [1.29, 1.82) is 0 Å². The number of urea groups is 1. The summed E-state index contributed by atoms with van der Waals surface area (Å²) in [6.45, 7) is 5.95. The lowest BCUT2D eigenvalue weighted by molar-refractivity contribution is -0.121. The summed E-state index contributed by atoms with van der Waals surface area (Å²) in [7, 11) is 0. The number of amides is 3. The SMILES string of the molecule is CC(C)NC(=O)CCCCCNC(=O)N1CCn2c1nc1ccccc12. The average Bonchev–Trinajstić information content (AvgIpc) is 3.16. The van der Waals surface area contributed by atoms with E-state index in [0.29, 0.717) is 25.5 Å². The van der Waals surface area contributed by atoms with Crippen molar-refractivity contribution in [2.45, 2.75) is 52.1 Å². The molecule has 0 spiro atoms. The molecule has 0 saturated carbocycles. The Morgan fingerprint density at radius 2 is 1.96 bits per heavy atom. The lowest BCUT2D eigenvalue weighted by Gasteiger charge is -2.15. The lowest BCUT2D eigenvalue weighted by Crippen LogP contribution is -2.39. The van der Waals surface area contributed by atoms with E-state index >= 15 is 0 Å². The molecule has 1 aliphatic rings. The predicted octanol–water partition coefficient (Wildman–Crippen LogP) is 2.65. The molecule has 0 fully saturated rings. The Hall–Kier alpha value is -2.57. The third kappa shape index (κ3) is 4.15. The first-order chi connectivity index (χ1) is 12.6. The Balaban J connectivity index is 1.41. The second kappa shape index (κ2) is 8.21. The van der Waals surface area contributed by atoms with Crippen molar-refractivity contribution < 1.29 is 9.59 Å². The van der Waals surface area contributed by atoms with Crippen LogP contribution in [0.15, 0.2) is 24.3 Å². The summed E-state index contributed by atoms with van der Waals surface area (Å²) in [5.41, 5.74) is 1.98. The molecular formula is C19H27N5O2. The van der Waals surface area contributed by atoms with Gasteiger partial charge in [0.25, 0.3) is 0 Å². The van der Waals surface area contributed by atoms with Crippen LogP contribution >= 0.6 is 0 Å². The van der Waals surface area contributed by atoms with Gasteiger partial charge in [0, 0.05) is 32.1 Å². The summed E-state index contributed by atoms with van der Waals surface area (Å²) in [5, 5.41) is 5.85. The molecule has 1 aromatic heterocycles. The van der Waals surface area contributed by atoms with Gasteiger partial charge in [-0.15, -0.1) is 0 Å². The number of aromatic nitrogens is 2. The first-order valence-electron chi connectivity index (χ1n) is 9.36. The number of hydrogen-bond acceptors (Lipinski definition) is 3. The Kier molecular flexibility index (Phi) is 5.75. The fraction of sp³-hybridized carbons (Fsp3) is 0.526. The number of benzene rings is 1. The van der Waals surface area contributed by atoms with Gasteiger partial charge in [0.2, 0.25) is 11.9 Å². The number of hydrogen-bond donors (Lipinski definition) is 2. The van der Waals surface area contributed by atoms with Gasteiger partial charge in [-0.25, -0.2) is 9.78 Å². The quantitative estimate of drug-likeness (QED) is 0.748. The van der Waals surface area contributed by atoms with Crippen molar-refractivity contribution in [2.75, 3.05) is 18.0 Å². The Morgan fingerprint density at radius 3 is 2.77 bits per heavy atom. The number of rotatable bonds is 7. The van der Waals surface area contributed by atoms with Gasteiger partial charge in [-0.3, -0.25) is 9.69 Å². The first-order valence-corrected chi connectivity index (χ1v) is 9.36. The molecule has 7 heteroatoms. The minimum Gasteiger partial charge on any atom is -0.354 e. The van der Waals surface area contributed by atoms with Gasteiger partial charge >= 0.3 is 6.03 Å². The van der Waals surface area contributed by atoms with E-state index in [0.717, 1.165) is 36.8 Å². The zero-order valence-corrected chi connectivity index (χ0v) is 15.5. The molecule has 2 N–H and O–H groups in total. The summed E-state index contributed by atoms with van der Waals surface area (Å²) in [5.74, 6) is 0.814. The second-order valence-corrected chi connectivity index (χ2v) is 6.97. The van der Waals surface area contributed by atoms with Crippen molar-refractivity contribution in [3.63, 3.8) is 0 Å². The summed E-state index contributed by atoms with van der Waals surface area (Å²) in [6, 6.07) is 8.02. The van der Waals surface area contributed by atoms with Gasteiger partial charge in [0.15, 0.2) is 0 Å². The molecule has 0 bridgehead atoms. The molecule has 0 radical (unpaired) electrons. The van der Waals surface area contributed by atoms with Crippen LogP contribution in [0.5, 0.6) is 0 Å². The number of anilines is 1. The Morgan fingerprint density at radius 1 is 1.15 bits per heavy atom. The highest BCUT2D eigenvalue weighted by molar-refractivity contribution is 5.93. The van der Waals surface area contributed by atoms with Gasteiger partial charge in [-0.05, 0) is 38.8 Å². The van der Waals surface area contributed by atoms with Crippen LogP contribution in [-0.2, 0) is 11.3 Å². The molecule has 0 saturated heterocycles. The van der Waals surface area contributed by atoms with Crippen molar-refractivity contribution in [3.8, 4) is 0 Å². The van der Waals surface area contributed by atoms with Gasteiger partial charge < -0.3 is 15.2 Å². The van der Waals surface area contributed by atoms with Crippen LogP contribution in [0.1, 0.15) is 39.5 Å². The van der Waals surface area contributed by atoms with Crippen LogP contribution in [0.25, 0.3) is 11.0 Å². The molecule has 2 heterocycles. The molecule has 26 heavy (non-hydrogen) atoms. The maximum atomic E-state index is 12.4. The van der Waals surface area contributed by atoms with Crippen molar-refractivity contribution in [2.24, 2.45) is 0 Å². The van der Waals surface area contributed by atoms with Gasteiger partial charge in [-0.1, -0.05) is 18.6 Å². The van der Waals surface area contributed by atoms with E-state index in [1.807, 2.05) is 38.1 Å². The molecule has 0 aliphatic carbocycles. The van der Waals surface area contributed by atoms with E-state index < -0.39 is 0 Å². The zero-order chi connectivity index (χ0) is 18.5. The molecule has 7 nitrogen and oxygen atoms in total. The smallest absolute Gasteiger partial charge is 0.324 e. The molecule has 3 amide bonds. The number of imidazole rings is 1. The number of para-hydroxylation sites is 2. The van der Waals surface area contributed by atoms with Crippen LogP contribution < -0.4 is 15.5 Å². The predicted molar refractivity (Wildman–Crippen MR) is 102 cm³/mol. The number of nitrogens with zero attached hydrogens (tertiary/aromatic N) is 3. The molecule has 0 unspecified atom stereocenters. The third-order valence-corrected chi connectivity index (χ3v) is 4.47. The maximum absolute atomic E-state index is 12.4. The molecule has 2 aromatic rings. The normalized spacial score (nSPS) is 13.3. The monoisotopic (exact) mass is 357 g/mol. The summed E-state index contributed by atoms with van der Waals surface area (Å²) in [6.07, 6.45) is 3.17. The largest absolute Gasteiger partial charge is 0.354 e. The molecule has 140 valence electrons. The fourth-order valence-corrected chi connectivity index (χ4v) is 3.25. The third-order valence-electron chi connectivity index (χ3n) is 4.47. The van der Waals surface area contributed by atoms with Crippen molar-refractivity contribution in [1.82, 2.24) is 20.2 Å². The summed E-state index contributed by atoms with van der Waals surface area (Å²) < 4.78 is 2.09. The highest BCUT2D eigenvalue weighted by Crippen LogP contribution is 2.26. The fourth-order valence-electron chi connectivity index (χ4n) is 3.25. The number of nitrogens with one attached hydrogen (secondary N) is 2. The molecule has 1 aromatic carbocycles. The van der Waals surface area contributed by atoms with E-state index in [1.165, 1.54) is 0 Å². The van der Waals surface area contributed by atoms with Crippen LogP contribution in [0.3, 0.4) is 0 Å². The minimum atomic E-state index is -0.100. The summed E-state index contributed by atoms with van der Waals surface area (Å²) in [4.78, 5) is 30.3. The standard InChI is InChI=1S/C19H27N5O2/c1-14(2)21-17(25)10-4-3-7-11-20-19(26)24-13-12-23-16-9-6-5-8-15(16)22-18(23)24/h5-6,8-9,14H,3-4,7,10-13H2,1-2H3,(H,20,26)(H,21,25). The van der Waals surface area contributed by atoms with E-state index in [-0.39, 0.29) is 18.0 Å². The van der Waals surface area contributed by atoms with E-state index in [2.05, 4.69) is 20.2 Å². The van der Waals surface area contributed by atoms with Crippen molar-refractivity contribution in [3.05, 3.63) is 24.3 Å². The molecule has 0 atom stereocenters. The first kappa shape index (κ1) is 18.2. The topological polar surface area (TPSA) is 79.3 Å². The van der Waals surface area contributed by atoms with Crippen LogP contribution in [0, 0.1) is 0 Å². The average molecular weight is 357 g/mol. The number of fused-ring (bicyclic) bond motifs is 3. The van der Waals surface area contributed by atoms with Gasteiger partial charge in [0.05, 0.1) is 11.0 Å². The molecule has 1 aliphatic heterocycles. The second-order valence-electron chi connectivity index (χ2n) is 6.97. The van der Waals surface area contributed by atoms with Gasteiger partial charge in [-0.2, -0.15) is 0 Å². The maximum Gasteiger partial charge on any atom is 0.324 e. The Labute approximate surface area is 153 Å².